The predicted molar refractivity (Wildman–Crippen MR) is 62.4 cm³/mol. The maximum absolute atomic E-state index is 11.9. The average molecular weight is 264 g/mol. The number of aliphatic carboxylic acids is 1. The third-order valence-electron chi connectivity index (χ3n) is 2.58. The van der Waals surface area contributed by atoms with Crippen LogP contribution in [0, 0.1) is 6.92 Å². The minimum absolute atomic E-state index is 0.116. The van der Waals surface area contributed by atoms with Crippen molar-refractivity contribution in [3.05, 3.63) is 35.7 Å². The SMILES string of the molecule is Cc1oncc1C(=O)N[C@@H](Cc1cnc[nH]1)C(=O)O. The Hall–Kier alpha value is -2.64. The quantitative estimate of drug-likeness (QED) is 0.705. The van der Waals surface area contributed by atoms with Crippen molar-refractivity contribution in [2.24, 2.45) is 0 Å². The summed E-state index contributed by atoms with van der Waals surface area (Å²) < 4.78 is 4.76. The monoisotopic (exact) mass is 264 g/mol. The number of H-pyrrole nitrogens is 1. The van der Waals surface area contributed by atoms with Crippen molar-refractivity contribution < 1.29 is 19.2 Å². The van der Waals surface area contributed by atoms with E-state index in [0.717, 1.165) is 0 Å². The first-order valence-electron chi connectivity index (χ1n) is 5.50. The molecule has 3 N–H and O–H groups in total. The number of imidazole rings is 1. The van der Waals surface area contributed by atoms with Crippen LogP contribution in [-0.2, 0) is 11.2 Å². The van der Waals surface area contributed by atoms with Crippen LogP contribution >= 0.6 is 0 Å². The molecular formula is C11H12N4O4. The Kier molecular flexibility index (Phi) is 3.60. The molecule has 0 aliphatic rings. The van der Waals surface area contributed by atoms with Crippen molar-refractivity contribution in [3.8, 4) is 0 Å². The Morgan fingerprint density at radius 2 is 2.32 bits per heavy atom. The van der Waals surface area contributed by atoms with Crippen molar-refractivity contribution >= 4 is 11.9 Å². The van der Waals surface area contributed by atoms with Gasteiger partial charge in [0.05, 0.1) is 12.5 Å². The van der Waals surface area contributed by atoms with Crippen LogP contribution in [0.15, 0.2) is 23.2 Å². The molecule has 1 amide bonds. The highest BCUT2D eigenvalue weighted by atomic mass is 16.5. The molecule has 0 saturated carbocycles. The van der Waals surface area contributed by atoms with Gasteiger partial charge in [0, 0.05) is 18.3 Å². The highest BCUT2D eigenvalue weighted by Gasteiger charge is 2.23. The van der Waals surface area contributed by atoms with E-state index < -0.39 is 17.9 Å². The zero-order valence-electron chi connectivity index (χ0n) is 10.1. The van der Waals surface area contributed by atoms with Gasteiger partial charge in [-0.1, -0.05) is 5.16 Å². The minimum atomic E-state index is -1.13. The van der Waals surface area contributed by atoms with E-state index in [-0.39, 0.29) is 12.0 Å². The number of hydrogen-bond acceptors (Lipinski definition) is 5. The summed E-state index contributed by atoms with van der Waals surface area (Å²) in [5.74, 6) is -1.33. The van der Waals surface area contributed by atoms with E-state index in [4.69, 9.17) is 9.63 Å². The summed E-state index contributed by atoms with van der Waals surface area (Å²) in [7, 11) is 0. The molecule has 8 nitrogen and oxygen atoms in total. The molecule has 0 bridgehead atoms. The van der Waals surface area contributed by atoms with Crippen molar-refractivity contribution in [1.82, 2.24) is 20.4 Å². The molecule has 19 heavy (non-hydrogen) atoms. The number of amides is 1. The molecule has 2 rings (SSSR count). The van der Waals surface area contributed by atoms with Crippen LogP contribution in [0.2, 0.25) is 0 Å². The van der Waals surface area contributed by atoms with Crippen LogP contribution in [-0.4, -0.2) is 38.1 Å². The van der Waals surface area contributed by atoms with Crippen LogP contribution in [0.3, 0.4) is 0 Å². The van der Waals surface area contributed by atoms with Crippen LogP contribution in [0.25, 0.3) is 0 Å². The second kappa shape index (κ2) is 5.34. The maximum Gasteiger partial charge on any atom is 0.326 e. The molecule has 0 aromatic carbocycles. The van der Waals surface area contributed by atoms with E-state index in [1.165, 1.54) is 18.7 Å². The van der Waals surface area contributed by atoms with Gasteiger partial charge in [-0.25, -0.2) is 9.78 Å². The number of aryl methyl sites for hydroxylation is 1. The smallest absolute Gasteiger partial charge is 0.326 e. The summed E-state index contributed by atoms with van der Waals surface area (Å²) in [6, 6.07) is -1.05. The molecule has 2 heterocycles. The number of carboxylic acid groups (broad SMARTS) is 1. The van der Waals surface area contributed by atoms with Crippen LogP contribution < -0.4 is 5.32 Å². The summed E-state index contributed by atoms with van der Waals surface area (Å²) in [6.45, 7) is 1.58. The molecule has 2 aromatic rings. The summed E-state index contributed by atoms with van der Waals surface area (Å²) in [4.78, 5) is 29.6. The first-order valence-corrected chi connectivity index (χ1v) is 5.50. The molecule has 0 aliphatic heterocycles. The number of aromatic amines is 1. The summed E-state index contributed by atoms with van der Waals surface area (Å²) in [5.41, 5.74) is 0.839. The largest absolute Gasteiger partial charge is 0.480 e. The number of carbonyl (C=O) groups is 2. The first-order chi connectivity index (χ1) is 9.08. The first kappa shape index (κ1) is 12.8. The van der Waals surface area contributed by atoms with Gasteiger partial charge in [0.1, 0.15) is 17.4 Å². The molecule has 0 fully saturated rings. The van der Waals surface area contributed by atoms with Crippen molar-refractivity contribution in [1.29, 1.82) is 0 Å². The number of nitrogens with one attached hydrogen (secondary N) is 2. The number of hydrogen-bond donors (Lipinski definition) is 3. The Balaban J connectivity index is 2.07. The Morgan fingerprint density at radius 3 is 2.84 bits per heavy atom. The molecule has 0 unspecified atom stereocenters. The Morgan fingerprint density at radius 1 is 1.53 bits per heavy atom. The fourth-order valence-corrected chi connectivity index (χ4v) is 1.57. The zero-order valence-corrected chi connectivity index (χ0v) is 10.1. The number of rotatable bonds is 5. The van der Waals surface area contributed by atoms with Gasteiger partial charge in [-0.05, 0) is 6.92 Å². The number of nitrogens with zero attached hydrogens (tertiary/aromatic N) is 2. The lowest BCUT2D eigenvalue weighted by Gasteiger charge is -2.12. The molecule has 0 radical (unpaired) electrons. The van der Waals surface area contributed by atoms with Gasteiger partial charge < -0.3 is 19.9 Å². The Labute approximate surface area is 107 Å². The summed E-state index contributed by atoms with van der Waals surface area (Å²) >= 11 is 0. The van der Waals surface area contributed by atoms with E-state index in [1.807, 2.05) is 0 Å². The predicted octanol–water partition coefficient (Wildman–Crippen LogP) is 0.132. The van der Waals surface area contributed by atoms with E-state index >= 15 is 0 Å². The highest BCUT2D eigenvalue weighted by Crippen LogP contribution is 2.07. The third-order valence-corrected chi connectivity index (χ3v) is 2.58. The molecule has 0 spiro atoms. The van der Waals surface area contributed by atoms with Gasteiger partial charge >= 0.3 is 5.97 Å². The summed E-state index contributed by atoms with van der Waals surface area (Å²) in [6.07, 6.45) is 4.32. The maximum atomic E-state index is 11.9. The van der Waals surface area contributed by atoms with Crippen molar-refractivity contribution in [2.75, 3.05) is 0 Å². The Bertz CT molecular complexity index is 575. The van der Waals surface area contributed by atoms with E-state index in [1.54, 1.807) is 6.92 Å². The molecule has 8 heteroatoms. The number of aromatic nitrogens is 3. The minimum Gasteiger partial charge on any atom is -0.480 e. The molecule has 100 valence electrons. The van der Waals surface area contributed by atoms with Crippen molar-refractivity contribution in [3.63, 3.8) is 0 Å². The lowest BCUT2D eigenvalue weighted by atomic mass is 10.1. The second-order valence-electron chi connectivity index (χ2n) is 3.94. The topological polar surface area (TPSA) is 121 Å². The molecular weight excluding hydrogens is 252 g/mol. The van der Waals surface area contributed by atoms with Gasteiger partial charge in [0.15, 0.2) is 0 Å². The third kappa shape index (κ3) is 2.97. The molecule has 0 saturated heterocycles. The van der Waals surface area contributed by atoms with Gasteiger partial charge in [-0.2, -0.15) is 0 Å². The molecule has 2 aromatic heterocycles. The van der Waals surface area contributed by atoms with Gasteiger partial charge in [-0.3, -0.25) is 4.79 Å². The summed E-state index contributed by atoms with van der Waals surface area (Å²) in [5, 5.41) is 15.0. The zero-order chi connectivity index (χ0) is 13.8. The van der Waals surface area contributed by atoms with E-state index in [0.29, 0.717) is 11.5 Å². The van der Waals surface area contributed by atoms with Crippen LogP contribution in [0.4, 0.5) is 0 Å². The fraction of sp³-hybridized carbons (Fsp3) is 0.273. The molecule has 0 aliphatic carbocycles. The van der Waals surface area contributed by atoms with Gasteiger partial charge in [0.2, 0.25) is 0 Å². The highest BCUT2D eigenvalue weighted by molar-refractivity contribution is 5.97. The lowest BCUT2D eigenvalue weighted by Crippen LogP contribution is -2.42. The van der Waals surface area contributed by atoms with Gasteiger partial charge in [-0.15, -0.1) is 0 Å². The van der Waals surface area contributed by atoms with Crippen molar-refractivity contribution in [2.45, 2.75) is 19.4 Å². The van der Waals surface area contributed by atoms with E-state index in [2.05, 4.69) is 20.4 Å². The average Bonchev–Trinajstić information content (AvgIpc) is 2.99. The fourth-order valence-electron chi connectivity index (χ4n) is 1.57. The van der Waals surface area contributed by atoms with E-state index in [9.17, 15) is 9.59 Å². The molecule has 1 atom stereocenters. The van der Waals surface area contributed by atoms with Crippen LogP contribution in [0.5, 0.6) is 0 Å². The second-order valence-corrected chi connectivity index (χ2v) is 3.94. The van der Waals surface area contributed by atoms with Crippen LogP contribution in [0.1, 0.15) is 21.8 Å². The lowest BCUT2D eigenvalue weighted by molar-refractivity contribution is -0.139. The van der Waals surface area contributed by atoms with Gasteiger partial charge in [0.25, 0.3) is 5.91 Å². The number of carbonyl (C=O) groups excluding carboxylic acids is 1. The standard InChI is InChI=1S/C11H12N4O4/c1-6-8(4-14-19-6)10(16)15-9(11(17)18)2-7-3-12-5-13-7/h3-5,9H,2H2,1H3,(H,12,13)(H,15,16)(H,17,18)/t9-/m0/s1. The number of carboxylic acids is 1. The normalized spacial score (nSPS) is 12.1.